The standard InChI is InChI=1S/C9H6ClNO5/c10-6-2-1-5(3-7(6)11(15)16)4-8(12)9(13)14/h1-3H,4H2,(H,13,14). The number of benzene rings is 1. The molecule has 0 aliphatic carbocycles. The highest BCUT2D eigenvalue weighted by molar-refractivity contribution is 6.33. The Kier molecular flexibility index (Phi) is 3.57. The number of ketones is 1. The van der Waals surface area contributed by atoms with Gasteiger partial charge >= 0.3 is 5.97 Å². The van der Waals surface area contributed by atoms with E-state index in [1.54, 1.807) is 0 Å². The van der Waals surface area contributed by atoms with Gasteiger partial charge in [-0.3, -0.25) is 14.9 Å². The summed E-state index contributed by atoms with van der Waals surface area (Å²) in [6, 6.07) is 3.71. The first-order valence-corrected chi connectivity index (χ1v) is 4.48. The summed E-state index contributed by atoms with van der Waals surface area (Å²) in [5.41, 5.74) is -0.110. The quantitative estimate of drug-likeness (QED) is 0.490. The van der Waals surface area contributed by atoms with Gasteiger partial charge in [-0.15, -0.1) is 0 Å². The molecule has 0 radical (unpaired) electrons. The lowest BCUT2D eigenvalue weighted by Gasteiger charge is -1.99. The fourth-order valence-electron chi connectivity index (χ4n) is 1.07. The second-order valence-electron chi connectivity index (χ2n) is 2.95. The fourth-order valence-corrected chi connectivity index (χ4v) is 1.26. The van der Waals surface area contributed by atoms with Crippen LogP contribution in [0.3, 0.4) is 0 Å². The summed E-state index contributed by atoms with van der Waals surface area (Å²) < 4.78 is 0. The van der Waals surface area contributed by atoms with Crippen molar-refractivity contribution < 1.29 is 19.6 Å². The molecule has 16 heavy (non-hydrogen) atoms. The normalized spacial score (nSPS) is 9.81. The van der Waals surface area contributed by atoms with E-state index in [1.807, 2.05) is 0 Å². The largest absolute Gasteiger partial charge is 0.475 e. The summed E-state index contributed by atoms with van der Waals surface area (Å²) in [6.45, 7) is 0. The van der Waals surface area contributed by atoms with Crippen molar-refractivity contribution in [3.05, 3.63) is 38.9 Å². The van der Waals surface area contributed by atoms with E-state index in [-0.39, 0.29) is 16.3 Å². The van der Waals surface area contributed by atoms with Crippen LogP contribution < -0.4 is 0 Å². The minimum absolute atomic E-state index is 0.0588. The smallest absolute Gasteiger partial charge is 0.372 e. The van der Waals surface area contributed by atoms with E-state index in [2.05, 4.69) is 0 Å². The molecular formula is C9H6ClNO5. The van der Waals surface area contributed by atoms with Gasteiger partial charge in [0.05, 0.1) is 4.92 Å². The average molecular weight is 244 g/mol. The number of hydrogen-bond acceptors (Lipinski definition) is 4. The molecule has 0 heterocycles. The number of carbonyl (C=O) groups excluding carboxylic acids is 1. The van der Waals surface area contributed by atoms with E-state index >= 15 is 0 Å². The molecule has 0 unspecified atom stereocenters. The van der Waals surface area contributed by atoms with Crippen molar-refractivity contribution in [1.29, 1.82) is 0 Å². The van der Waals surface area contributed by atoms with E-state index in [9.17, 15) is 19.7 Å². The van der Waals surface area contributed by atoms with Crippen molar-refractivity contribution in [3.8, 4) is 0 Å². The Bertz CT molecular complexity index is 471. The van der Waals surface area contributed by atoms with Crippen LogP contribution in [0.25, 0.3) is 0 Å². The molecule has 1 aromatic carbocycles. The second-order valence-corrected chi connectivity index (χ2v) is 3.36. The topological polar surface area (TPSA) is 97.5 Å². The van der Waals surface area contributed by atoms with Gasteiger partial charge in [0.25, 0.3) is 5.69 Å². The Morgan fingerprint density at radius 1 is 1.44 bits per heavy atom. The summed E-state index contributed by atoms with van der Waals surface area (Å²) in [6.07, 6.45) is -0.395. The maximum atomic E-state index is 10.9. The summed E-state index contributed by atoms with van der Waals surface area (Å²) in [5.74, 6) is -2.60. The van der Waals surface area contributed by atoms with Crippen molar-refractivity contribution in [2.24, 2.45) is 0 Å². The molecule has 0 spiro atoms. The van der Waals surface area contributed by atoms with Crippen LogP contribution in [0.5, 0.6) is 0 Å². The number of carboxylic acids is 1. The first kappa shape index (κ1) is 12.1. The van der Waals surface area contributed by atoms with E-state index in [0.29, 0.717) is 0 Å². The van der Waals surface area contributed by atoms with Crippen molar-refractivity contribution >= 4 is 29.0 Å². The Balaban J connectivity index is 3.00. The lowest BCUT2D eigenvalue weighted by atomic mass is 10.1. The van der Waals surface area contributed by atoms with Crippen LogP contribution in [-0.4, -0.2) is 21.8 Å². The molecule has 0 fully saturated rings. The van der Waals surface area contributed by atoms with Gasteiger partial charge < -0.3 is 5.11 Å². The summed E-state index contributed by atoms with van der Waals surface area (Å²) in [7, 11) is 0. The summed E-state index contributed by atoms with van der Waals surface area (Å²) in [4.78, 5) is 31.0. The molecular weight excluding hydrogens is 238 g/mol. The van der Waals surface area contributed by atoms with Crippen LogP contribution in [0, 0.1) is 10.1 Å². The predicted molar refractivity (Wildman–Crippen MR) is 54.5 cm³/mol. The Labute approximate surface area is 94.6 Å². The summed E-state index contributed by atoms with van der Waals surface area (Å²) in [5, 5.41) is 18.8. The van der Waals surface area contributed by atoms with Gasteiger partial charge in [-0.05, 0) is 11.6 Å². The highest BCUT2D eigenvalue weighted by atomic mass is 35.5. The van der Waals surface area contributed by atoms with Crippen molar-refractivity contribution in [3.63, 3.8) is 0 Å². The minimum atomic E-state index is -1.57. The number of nitro benzene ring substituents is 1. The molecule has 0 saturated carbocycles. The third-order valence-corrected chi connectivity index (χ3v) is 2.13. The van der Waals surface area contributed by atoms with E-state index < -0.39 is 23.1 Å². The number of aliphatic carboxylic acids is 1. The van der Waals surface area contributed by atoms with Crippen LogP contribution in [-0.2, 0) is 16.0 Å². The SMILES string of the molecule is O=C(O)C(=O)Cc1ccc(Cl)c([N+](=O)[O-])c1. The van der Waals surface area contributed by atoms with Crippen LogP contribution >= 0.6 is 11.6 Å². The number of hydrogen-bond donors (Lipinski definition) is 1. The zero-order valence-corrected chi connectivity index (χ0v) is 8.60. The van der Waals surface area contributed by atoms with Gasteiger partial charge in [0.15, 0.2) is 0 Å². The third kappa shape index (κ3) is 2.77. The monoisotopic (exact) mass is 243 g/mol. The third-order valence-electron chi connectivity index (χ3n) is 1.81. The molecule has 0 atom stereocenters. The number of nitro groups is 1. The Hall–Kier alpha value is -1.95. The van der Waals surface area contributed by atoms with Crippen LogP contribution in [0.15, 0.2) is 18.2 Å². The van der Waals surface area contributed by atoms with Gasteiger partial charge in [0, 0.05) is 12.5 Å². The lowest BCUT2D eigenvalue weighted by Crippen LogP contribution is -2.15. The molecule has 0 aromatic heterocycles. The maximum absolute atomic E-state index is 10.9. The molecule has 1 aromatic rings. The van der Waals surface area contributed by atoms with E-state index in [1.165, 1.54) is 12.1 Å². The molecule has 0 aliphatic heterocycles. The average Bonchev–Trinajstić information content (AvgIpc) is 2.20. The summed E-state index contributed by atoms with van der Waals surface area (Å²) >= 11 is 5.55. The highest BCUT2D eigenvalue weighted by Gasteiger charge is 2.17. The number of rotatable bonds is 4. The number of Topliss-reactive ketones (excluding diaryl/α,β-unsaturated/α-hetero) is 1. The number of halogens is 1. The van der Waals surface area contributed by atoms with Gasteiger partial charge in [0.1, 0.15) is 5.02 Å². The van der Waals surface area contributed by atoms with E-state index in [4.69, 9.17) is 16.7 Å². The molecule has 0 bridgehead atoms. The van der Waals surface area contributed by atoms with Gasteiger partial charge in [0.2, 0.25) is 5.78 Å². The second kappa shape index (κ2) is 4.71. The molecule has 1 N–H and O–H groups in total. The molecule has 0 amide bonds. The van der Waals surface area contributed by atoms with Gasteiger partial charge in [-0.1, -0.05) is 17.7 Å². The molecule has 6 nitrogen and oxygen atoms in total. The Morgan fingerprint density at radius 3 is 2.56 bits per heavy atom. The first-order valence-electron chi connectivity index (χ1n) is 4.10. The zero-order valence-electron chi connectivity index (χ0n) is 7.84. The van der Waals surface area contributed by atoms with Crippen LogP contribution in [0.1, 0.15) is 5.56 Å². The number of carbonyl (C=O) groups is 2. The lowest BCUT2D eigenvalue weighted by molar-refractivity contribution is -0.384. The minimum Gasteiger partial charge on any atom is -0.475 e. The number of nitrogens with zero attached hydrogens (tertiary/aromatic N) is 1. The molecule has 0 saturated heterocycles. The number of carboxylic acid groups (broad SMARTS) is 1. The zero-order chi connectivity index (χ0) is 12.3. The maximum Gasteiger partial charge on any atom is 0.372 e. The van der Waals surface area contributed by atoms with Crippen molar-refractivity contribution in [2.75, 3.05) is 0 Å². The van der Waals surface area contributed by atoms with Crippen LogP contribution in [0.4, 0.5) is 5.69 Å². The van der Waals surface area contributed by atoms with Gasteiger partial charge in [-0.2, -0.15) is 0 Å². The van der Waals surface area contributed by atoms with E-state index in [0.717, 1.165) is 6.07 Å². The molecule has 84 valence electrons. The Morgan fingerprint density at radius 2 is 2.06 bits per heavy atom. The van der Waals surface area contributed by atoms with Crippen molar-refractivity contribution in [2.45, 2.75) is 6.42 Å². The first-order chi connectivity index (χ1) is 7.41. The molecule has 7 heteroatoms. The van der Waals surface area contributed by atoms with Gasteiger partial charge in [-0.25, -0.2) is 4.79 Å². The fraction of sp³-hybridized carbons (Fsp3) is 0.111. The molecule has 0 aliphatic rings. The molecule has 1 rings (SSSR count). The highest BCUT2D eigenvalue weighted by Crippen LogP contribution is 2.25. The van der Waals surface area contributed by atoms with Crippen molar-refractivity contribution in [1.82, 2.24) is 0 Å². The van der Waals surface area contributed by atoms with Crippen LogP contribution in [0.2, 0.25) is 5.02 Å². The predicted octanol–water partition coefficient (Wildman–Crippen LogP) is 1.44.